The second kappa shape index (κ2) is 16.9. The van der Waals surface area contributed by atoms with Crippen LogP contribution in [-0.2, 0) is 22.8 Å². The van der Waals surface area contributed by atoms with E-state index in [9.17, 15) is 4.79 Å². The van der Waals surface area contributed by atoms with E-state index in [1.807, 2.05) is 46.1 Å². The van der Waals surface area contributed by atoms with Crippen molar-refractivity contribution in [3.05, 3.63) is 72.4 Å². The molecule has 0 unspecified atom stereocenters. The van der Waals surface area contributed by atoms with Gasteiger partial charge in [-0.25, -0.2) is 14.5 Å². The quantitative estimate of drug-likeness (QED) is 0.0875. The summed E-state index contributed by atoms with van der Waals surface area (Å²) < 4.78 is 20.1. The van der Waals surface area contributed by atoms with Crippen molar-refractivity contribution in [2.24, 2.45) is 17.8 Å². The number of aromatic nitrogens is 3. The van der Waals surface area contributed by atoms with Gasteiger partial charge in [0, 0.05) is 64.6 Å². The first kappa shape index (κ1) is 38.9. The Balaban J connectivity index is 0.802. The lowest BCUT2D eigenvalue weighted by Gasteiger charge is -2.43. The maximum Gasteiger partial charge on any atom is 0.410 e. The van der Waals surface area contributed by atoms with Crippen molar-refractivity contribution < 1.29 is 19.0 Å². The Kier molecular flexibility index (Phi) is 11.7. The van der Waals surface area contributed by atoms with Gasteiger partial charge in [0.2, 0.25) is 0 Å². The highest BCUT2D eigenvalue weighted by Crippen LogP contribution is 2.41. The number of carbonyl (C=O) groups excluding carboxylic acids is 1. The number of hydrogen-bond acceptors (Lipinski definition) is 8. The van der Waals surface area contributed by atoms with E-state index in [0.29, 0.717) is 19.3 Å². The molecule has 0 radical (unpaired) electrons. The summed E-state index contributed by atoms with van der Waals surface area (Å²) in [6, 6.07) is 21.8. The number of ether oxygens (including phenoxy) is 3. The summed E-state index contributed by atoms with van der Waals surface area (Å²) in [5.41, 5.74) is 4.10. The average molecular weight is 779 g/mol. The van der Waals surface area contributed by atoms with Crippen LogP contribution in [0.25, 0.3) is 22.2 Å². The van der Waals surface area contributed by atoms with E-state index in [2.05, 4.69) is 66.7 Å². The molecule has 0 spiro atoms. The van der Waals surface area contributed by atoms with Crippen LogP contribution in [0.3, 0.4) is 0 Å². The van der Waals surface area contributed by atoms with Crippen LogP contribution in [0.5, 0.6) is 5.75 Å². The number of likely N-dealkylation sites (tertiary alicyclic amines) is 2. The number of nitrogens with zero attached hydrogens (tertiary/aromatic N) is 6. The summed E-state index contributed by atoms with van der Waals surface area (Å²) in [5.74, 6) is 4.13. The Bertz CT molecular complexity index is 1920. The van der Waals surface area contributed by atoms with E-state index in [4.69, 9.17) is 24.3 Å². The van der Waals surface area contributed by atoms with Crippen molar-refractivity contribution in [1.29, 1.82) is 0 Å². The minimum atomic E-state index is -1.18. The molecule has 1 aliphatic carbocycles. The highest BCUT2D eigenvalue weighted by molar-refractivity contribution is 6.76. The second-order valence-corrected chi connectivity index (χ2v) is 24.2. The molecular formula is C45H62N6O4Si. The van der Waals surface area contributed by atoms with Crippen LogP contribution in [0.15, 0.2) is 66.9 Å². The molecule has 5 heterocycles. The van der Waals surface area contributed by atoms with Crippen molar-refractivity contribution >= 4 is 30.9 Å². The fourth-order valence-corrected chi connectivity index (χ4v) is 9.38. The standard InChI is InChI=1S/C45H62N6O4Si/c1-45(17-18-45)55-39-10-11-41-40(28-39)43(47-51(41)33-53-24-25-56(2,3)4)38-12-19-46-42(27-38)50-30-37(31-50)26-34-13-20-48(21-14-34)29-35-15-22-49(23-16-35)44(52)54-32-36-8-6-5-7-9-36/h5-12,19,27-28,34-35,37H,13-18,20-26,29-33H2,1-4H3. The van der Waals surface area contributed by atoms with E-state index >= 15 is 0 Å². The summed E-state index contributed by atoms with van der Waals surface area (Å²) in [6.45, 7) is 18.2. The van der Waals surface area contributed by atoms with E-state index in [-0.39, 0.29) is 11.7 Å². The van der Waals surface area contributed by atoms with Gasteiger partial charge >= 0.3 is 6.09 Å². The Morgan fingerprint density at radius 2 is 1.64 bits per heavy atom. The van der Waals surface area contributed by atoms with Gasteiger partial charge in [0.1, 0.15) is 36.2 Å². The average Bonchev–Trinajstić information content (AvgIpc) is 3.80. The molecule has 2 aromatic carbocycles. The third kappa shape index (κ3) is 9.95. The number of piperidine rings is 2. The van der Waals surface area contributed by atoms with Gasteiger partial charge in [0.25, 0.3) is 0 Å². The lowest BCUT2D eigenvalue weighted by Crippen LogP contribution is -2.48. The molecule has 4 fully saturated rings. The van der Waals surface area contributed by atoms with Gasteiger partial charge < -0.3 is 28.9 Å². The molecule has 4 aliphatic rings. The summed E-state index contributed by atoms with van der Waals surface area (Å²) in [5, 5.41) is 6.22. The zero-order valence-electron chi connectivity index (χ0n) is 34.1. The van der Waals surface area contributed by atoms with Gasteiger partial charge in [-0.1, -0.05) is 50.0 Å². The van der Waals surface area contributed by atoms with Gasteiger partial charge in [0.15, 0.2) is 0 Å². The topological polar surface area (TPSA) is 85.2 Å². The Labute approximate surface area is 334 Å². The monoisotopic (exact) mass is 778 g/mol. The number of carbonyl (C=O) groups is 1. The Morgan fingerprint density at radius 1 is 0.893 bits per heavy atom. The number of amides is 1. The Hall–Kier alpha value is -3.93. The number of benzene rings is 2. The van der Waals surface area contributed by atoms with Crippen LogP contribution >= 0.6 is 0 Å². The maximum absolute atomic E-state index is 12.6. The van der Waals surface area contributed by atoms with E-state index in [0.717, 1.165) is 122 Å². The first-order valence-corrected chi connectivity index (χ1v) is 24.9. The van der Waals surface area contributed by atoms with Crippen molar-refractivity contribution in [3.63, 3.8) is 0 Å². The van der Waals surface area contributed by atoms with Crippen LogP contribution in [0.1, 0.15) is 57.4 Å². The van der Waals surface area contributed by atoms with Gasteiger partial charge in [-0.15, -0.1) is 0 Å². The highest BCUT2D eigenvalue weighted by Gasteiger charge is 2.40. The van der Waals surface area contributed by atoms with Crippen molar-refractivity contribution in [1.82, 2.24) is 24.6 Å². The molecule has 0 atom stereocenters. The molecule has 56 heavy (non-hydrogen) atoms. The van der Waals surface area contributed by atoms with Crippen molar-refractivity contribution in [2.45, 2.75) is 96.5 Å². The molecule has 8 rings (SSSR count). The molecule has 0 bridgehead atoms. The largest absolute Gasteiger partial charge is 0.488 e. The summed E-state index contributed by atoms with van der Waals surface area (Å²) in [4.78, 5) is 24.5. The first-order valence-electron chi connectivity index (χ1n) is 21.2. The minimum absolute atomic E-state index is 0.0418. The van der Waals surface area contributed by atoms with E-state index in [1.165, 1.54) is 32.4 Å². The SMILES string of the molecule is CC1(Oc2ccc3c(c2)c(-c2ccnc(N4CC(CC5CCN(CC6CCN(C(=O)OCc7ccccc7)CC6)CC5)C4)c2)nn3COCC[Si](C)(C)C)CC1. The predicted molar refractivity (Wildman–Crippen MR) is 226 cm³/mol. The maximum atomic E-state index is 12.6. The van der Waals surface area contributed by atoms with Gasteiger partial charge in [-0.3, -0.25) is 0 Å². The molecule has 4 aromatic rings. The van der Waals surface area contributed by atoms with Crippen LogP contribution < -0.4 is 9.64 Å². The smallest absolute Gasteiger partial charge is 0.410 e. The lowest BCUT2D eigenvalue weighted by molar-refractivity contribution is 0.0727. The molecular weight excluding hydrogens is 717 g/mol. The number of hydrogen-bond donors (Lipinski definition) is 0. The number of rotatable bonds is 15. The number of fused-ring (bicyclic) bond motifs is 1. The fourth-order valence-electron chi connectivity index (χ4n) is 8.62. The van der Waals surface area contributed by atoms with Crippen molar-refractivity contribution in [3.8, 4) is 17.0 Å². The number of pyridine rings is 1. The molecule has 0 N–H and O–H groups in total. The lowest BCUT2D eigenvalue weighted by atomic mass is 9.83. The summed E-state index contributed by atoms with van der Waals surface area (Å²) in [6.07, 6.45) is 9.98. The molecule has 1 amide bonds. The molecule has 3 saturated heterocycles. The predicted octanol–water partition coefficient (Wildman–Crippen LogP) is 8.93. The second-order valence-electron chi connectivity index (χ2n) is 18.6. The van der Waals surface area contributed by atoms with Crippen LogP contribution in [0.4, 0.5) is 10.6 Å². The van der Waals surface area contributed by atoms with Crippen LogP contribution in [0, 0.1) is 17.8 Å². The Morgan fingerprint density at radius 3 is 2.38 bits per heavy atom. The molecule has 3 aliphatic heterocycles. The summed E-state index contributed by atoms with van der Waals surface area (Å²) in [7, 11) is -1.18. The van der Waals surface area contributed by atoms with Gasteiger partial charge in [0.05, 0.1) is 5.52 Å². The van der Waals surface area contributed by atoms with Gasteiger partial charge in [-0.2, -0.15) is 5.10 Å². The zero-order valence-corrected chi connectivity index (χ0v) is 35.1. The molecule has 300 valence electrons. The minimum Gasteiger partial charge on any atom is -0.488 e. The fraction of sp³-hybridized carbons (Fsp3) is 0.578. The third-order valence-electron chi connectivity index (χ3n) is 12.5. The van der Waals surface area contributed by atoms with Crippen LogP contribution in [-0.4, -0.2) is 96.8 Å². The highest BCUT2D eigenvalue weighted by atomic mass is 28.3. The summed E-state index contributed by atoms with van der Waals surface area (Å²) >= 11 is 0. The van der Waals surface area contributed by atoms with E-state index < -0.39 is 8.07 Å². The molecule has 11 heteroatoms. The zero-order chi connectivity index (χ0) is 38.7. The van der Waals surface area contributed by atoms with E-state index in [1.54, 1.807) is 0 Å². The number of anilines is 1. The third-order valence-corrected chi connectivity index (χ3v) is 14.2. The normalized spacial score (nSPS) is 19.6. The van der Waals surface area contributed by atoms with Gasteiger partial charge in [-0.05, 0) is 125 Å². The molecule has 10 nitrogen and oxygen atoms in total. The van der Waals surface area contributed by atoms with Crippen LogP contribution in [0.2, 0.25) is 25.7 Å². The molecule has 2 aromatic heterocycles. The van der Waals surface area contributed by atoms with Crippen molar-refractivity contribution in [2.75, 3.05) is 57.3 Å². The molecule has 1 saturated carbocycles. The first-order chi connectivity index (χ1) is 27.1.